The molecule has 0 saturated carbocycles. The zero-order valence-corrected chi connectivity index (χ0v) is 42.2. The fourth-order valence-corrected chi connectivity index (χ4v) is 9.92. The van der Waals surface area contributed by atoms with Crippen LogP contribution in [0.5, 0.6) is 0 Å². The molecule has 3 aliphatic heterocycles. The van der Waals surface area contributed by atoms with Crippen molar-refractivity contribution in [3.05, 3.63) is 187 Å². The summed E-state index contributed by atoms with van der Waals surface area (Å²) >= 11 is 0. The van der Waals surface area contributed by atoms with E-state index in [0.717, 1.165) is 79.3 Å². The number of para-hydroxylation sites is 3. The van der Waals surface area contributed by atoms with Gasteiger partial charge in [-0.25, -0.2) is 9.97 Å². The quantitative estimate of drug-likeness (QED) is 0.144. The third kappa shape index (κ3) is 7.56. The van der Waals surface area contributed by atoms with E-state index in [1.165, 1.54) is 0 Å². The van der Waals surface area contributed by atoms with Gasteiger partial charge in [0.15, 0.2) is 5.82 Å². The van der Waals surface area contributed by atoms with Gasteiger partial charge in [-0.1, -0.05) is 109 Å². The molecule has 0 aliphatic carbocycles. The zero-order valence-electron chi connectivity index (χ0n) is 42.2. The largest absolute Gasteiger partial charge is 0.318 e. The van der Waals surface area contributed by atoms with Crippen LogP contribution in [0, 0.1) is 0 Å². The molecular weight excluding hydrogens is 845 g/mol. The molecule has 3 aliphatic rings. The van der Waals surface area contributed by atoms with E-state index >= 15 is 0 Å². The first-order valence-electron chi connectivity index (χ1n) is 24.3. The first kappa shape index (κ1) is 45.6. The lowest BCUT2D eigenvalue weighted by Crippen LogP contribution is -2.53. The van der Waals surface area contributed by atoms with E-state index in [9.17, 15) is 0 Å². The number of hydrogen-bond donors (Lipinski definition) is 0. The van der Waals surface area contributed by atoms with E-state index in [2.05, 4.69) is 268 Å². The second-order valence-corrected chi connectivity index (χ2v) is 21.9. The molecule has 0 atom stereocenters. The topological polar surface area (TPSA) is 72.6 Å². The number of hydrogen-bond acceptors (Lipinski definition) is 8. The van der Waals surface area contributed by atoms with E-state index < -0.39 is 0 Å². The van der Waals surface area contributed by atoms with Crippen molar-refractivity contribution in [3.8, 4) is 33.9 Å². The van der Waals surface area contributed by atoms with Crippen molar-refractivity contribution in [2.75, 3.05) is 14.7 Å². The highest BCUT2D eigenvalue weighted by Gasteiger charge is 2.52. The first-order chi connectivity index (χ1) is 32.7. The number of aromatic nitrogens is 2. The standard InChI is InChI=1S/C61H64N8/c1-56(2)59(7,8)67(47-31-16-13-17-32-47)53(64-56)44-28-22-25-41(37-44)50-40-51(42-26-23-29-45(38-42)54-65-57(3,4)60(9,10)68(54)48-33-18-14-19-34-48)63-52(62-50)43-27-24-30-46(39-43)55-66-58(5,6)61(11,12)69(55)49-35-20-15-21-36-49/h13-40H,1-12H3. The lowest BCUT2D eigenvalue weighted by atomic mass is 9.83. The van der Waals surface area contributed by atoms with Gasteiger partial charge in [-0.2, -0.15) is 0 Å². The van der Waals surface area contributed by atoms with Crippen molar-refractivity contribution in [2.24, 2.45) is 15.0 Å². The fraction of sp³-hybridized carbons (Fsp3) is 0.295. The van der Waals surface area contributed by atoms with Crippen LogP contribution in [-0.4, -0.2) is 60.7 Å². The molecule has 0 unspecified atom stereocenters. The van der Waals surface area contributed by atoms with Gasteiger partial charge >= 0.3 is 0 Å². The van der Waals surface area contributed by atoms with Crippen LogP contribution >= 0.6 is 0 Å². The molecule has 1 aromatic heterocycles. The molecule has 0 spiro atoms. The van der Waals surface area contributed by atoms with Gasteiger partial charge in [0.2, 0.25) is 0 Å². The summed E-state index contributed by atoms with van der Waals surface area (Å²) in [5.41, 5.74) is 8.90. The summed E-state index contributed by atoms with van der Waals surface area (Å²) in [5.74, 6) is 3.42. The van der Waals surface area contributed by atoms with Crippen LogP contribution in [0.25, 0.3) is 33.9 Å². The van der Waals surface area contributed by atoms with Crippen molar-refractivity contribution in [1.82, 2.24) is 9.97 Å². The van der Waals surface area contributed by atoms with E-state index in [1.54, 1.807) is 0 Å². The maximum Gasteiger partial charge on any atom is 0.160 e. The van der Waals surface area contributed by atoms with Crippen LogP contribution in [0.4, 0.5) is 17.1 Å². The van der Waals surface area contributed by atoms with E-state index in [4.69, 9.17) is 24.9 Å². The number of aliphatic imine (C=N–C) groups is 3. The highest BCUT2D eigenvalue weighted by atomic mass is 15.4. The van der Waals surface area contributed by atoms with Crippen molar-refractivity contribution in [2.45, 2.75) is 116 Å². The molecule has 69 heavy (non-hydrogen) atoms. The summed E-state index contributed by atoms with van der Waals surface area (Å²) in [5, 5.41) is 0. The second-order valence-electron chi connectivity index (χ2n) is 21.9. The second kappa shape index (κ2) is 16.2. The summed E-state index contributed by atoms with van der Waals surface area (Å²) in [6.07, 6.45) is 0. The summed E-state index contributed by atoms with van der Waals surface area (Å²) in [4.78, 5) is 34.3. The van der Waals surface area contributed by atoms with Gasteiger partial charge in [-0.05, 0) is 144 Å². The summed E-state index contributed by atoms with van der Waals surface area (Å²) in [6, 6.07) is 59.8. The third-order valence-electron chi connectivity index (χ3n) is 15.9. The maximum absolute atomic E-state index is 5.44. The van der Waals surface area contributed by atoms with Crippen molar-refractivity contribution >= 4 is 34.6 Å². The predicted molar refractivity (Wildman–Crippen MR) is 289 cm³/mol. The summed E-state index contributed by atoms with van der Waals surface area (Å²) in [7, 11) is 0. The van der Waals surface area contributed by atoms with Crippen molar-refractivity contribution in [1.29, 1.82) is 0 Å². The van der Waals surface area contributed by atoms with Crippen molar-refractivity contribution in [3.63, 3.8) is 0 Å². The molecule has 0 saturated heterocycles. The SMILES string of the molecule is CC1(C)N=C(c2cccc(-c3cc(-c4cccc(C5=NC(C)(C)C(C)(C)N5c5ccccc5)c4)nc(-c4cccc(C5=NC(C)(C)C(C)(C)N5c5ccccc5)c4)n3)c2)N(c2ccccc2)C1(C)C. The van der Waals surface area contributed by atoms with Gasteiger partial charge in [0.25, 0.3) is 0 Å². The Bertz CT molecular complexity index is 2830. The van der Waals surface area contributed by atoms with Crippen LogP contribution in [-0.2, 0) is 0 Å². The smallest absolute Gasteiger partial charge is 0.160 e. The molecular formula is C61H64N8. The van der Waals surface area contributed by atoms with Gasteiger partial charge in [0, 0.05) is 50.4 Å². The molecule has 7 aromatic rings. The Kier molecular flexibility index (Phi) is 10.7. The average molecular weight is 909 g/mol. The van der Waals surface area contributed by atoms with Crippen molar-refractivity contribution < 1.29 is 0 Å². The highest BCUT2D eigenvalue weighted by Crippen LogP contribution is 2.46. The fourth-order valence-electron chi connectivity index (χ4n) is 9.92. The minimum atomic E-state index is -0.359. The lowest BCUT2D eigenvalue weighted by Gasteiger charge is -2.41. The Morgan fingerprint density at radius 2 is 0.565 bits per heavy atom. The molecule has 0 fully saturated rings. The Morgan fingerprint density at radius 3 is 0.884 bits per heavy atom. The molecule has 4 heterocycles. The maximum atomic E-state index is 5.44. The molecule has 8 heteroatoms. The van der Waals surface area contributed by atoms with Gasteiger partial charge in [0.1, 0.15) is 17.5 Å². The number of nitrogens with zero attached hydrogens (tertiary/aromatic N) is 8. The molecule has 0 bridgehead atoms. The zero-order chi connectivity index (χ0) is 48.7. The monoisotopic (exact) mass is 909 g/mol. The molecule has 348 valence electrons. The number of rotatable bonds is 9. The third-order valence-corrected chi connectivity index (χ3v) is 15.9. The van der Waals surface area contributed by atoms with E-state index in [-0.39, 0.29) is 33.2 Å². The van der Waals surface area contributed by atoms with Crippen LogP contribution in [0.2, 0.25) is 0 Å². The van der Waals surface area contributed by atoms with Crippen LogP contribution < -0.4 is 14.7 Å². The average Bonchev–Trinajstić information content (AvgIpc) is 3.76. The van der Waals surface area contributed by atoms with E-state index in [1.807, 2.05) is 0 Å². The predicted octanol–water partition coefficient (Wildman–Crippen LogP) is 13.9. The molecule has 0 radical (unpaired) electrons. The highest BCUT2D eigenvalue weighted by molar-refractivity contribution is 6.15. The summed E-state index contributed by atoms with van der Waals surface area (Å²) in [6.45, 7) is 27.0. The number of amidine groups is 3. The van der Waals surface area contributed by atoms with Crippen LogP contribution in [0.1, 0.15) is 99.8 Å². The Labute approximate surface area is 409 Å². The molecule has 0 N–H and O–H groups in total. The van der Waals surface area contributed by atoms with Gasteiger partial charge in [-0.15, -0.1) is 0 Å². The Balaban J connectivity index is 1.13. The van der Waals surface area contributed by atoms with Gasteiger partial charge in [0.05, 0.1) is 44.6 Å². The van der Waals surface area contributed by atoms with E-state index in [0.29, 0.717) is 5.82 Å². The molecule has 6 aromatic carbocycles. The number of benzene rings is 6. The number of anilines is 3. The molecule has 0 amide bonds. The Hall–Kier alpha value is -7.19. The Morgan fingerprint density at radius 1 is 0.290 bits per heavy atom. The van der Waals surface area contributed by atoms with Gasteiger partial charge < -0.3 is 14.7 Å². The minimum Gasteiger partial charge on any atom is -0.318 e. The normalized spacial score (nSPS) is 19.3. The summed E-state index contributed by atoms with van der Waals surface area (Å²) < 4.78 is 0. The molecule has 10 rings (SSSR count). The van der Waals surface area contributed by atoms with Crippen LogP contribution in [0.3, 0.4) is 0 Å². The first-order valence-corrected chi connectivity index (χ1v) is 24.3. The van der Waals surface area contributed by atoms with Crippen LogP contribution in [0.15, 0.2) is 185 Å². The molecule has 8 nitrogen and oxygen atoms in total. The minimum absolute atomic E-state index is 0.292. The van der Waals surface area contributed by atoms with Gasteiger partial charge in [-0.3, -0.25) is 15.0 Å². The lowest BCUT2D eigenvalue weighted by molar-refractivity contribution is 0.338.